The number of hydrogen-bond donors (Lipinski definition) is 0. The van der Waals surface area contributed by atoms with Gasteiger partial charge in [-0.05, 0) is 44.9 Å². The van der Waals surface area contributed by atoms with Crippen LogP contribution in [0, 0.1) is 0 Å². The van der Waals surface area contributed by atoms with E-state index in [0.717, 1.165) is 57.8 Å². The Balaban J connectivity index is 4.06. The molecule has 0 bridgehead atoms. The van der Waals surface area contributed by atoms with Gasteiger partial charge in [0.25, 0.3) is 0 Å². The third-order valence-corrected chi connectivity index (χ3v) is 15.3. The summed E-state index contributed by atoms with van der Waals surface area (Å²) in [6.45, 7) is 6.68. The van der Waals surface area contributed by atoms with Gasteiger partial charge in [-0.1, -0.05) is 328 Å². The molecular formula is C67H128O6. The van der Waals surface area contributed by atoms with Gasteiger partial charge in [0.15, 0.2) is 6.10 Å². The zero-order valence-corrected chi connectivity index (χ0v) is 49.7. The van der Waals surface area contributed by atoms with Gasteiger partial charge in [0, 0.05) is 19.3 Å². The molecule has 0 rings (SSSR count). The van der Waals surface area contributed by atoms with Gasteiger partial charge < -0.3 is 14.2 Å². The SMILES string of the molecule is CCCCCCCC/C=C\CCCCCCCCCC(=O)OC(COC(=O)CCCCCCCCCCC)COC(=O)CCCCCCCCCCCCCCCCCCCCCCCCCCCCCCC. The molecule has 0 amide bonds. The highest BCUT2D eigenvalue weighted by Crippen LogP contribution is 2.18. The summed E-state index contributed by atoms with van der Waals surface area (Å²) in [7, 11) is 0. The van der Waals surface area contributed by atoms with Crippen LogP contribution < -0.4 is 0 Å². The average molecular weight is 1030 g/mol. The van der Waals surface area contributed by atoms with Gasteiger partial charge in [-0.15, -0.1) is 0 Å². The molecule has 0 saturated heterocycles. The number of carbonyl (C=O) groups is 3. The van der Waals surface area contributed by atoms with E-state index in [9.17, 15) is 14.4 Å². The smallest absolute Gasteiger partial charge is 0.306 e. The van der Waals surface area contributed by atoms with Crippen molar-refractivity contribution >= 4 is 17.9 Å². The van der Waals surface area contributed by atoms with Crippen LogP contribution in [0.3, 0.4) is 0 Å². The van der Waals surface area contributed by atoms with Crippen LogP contribution in [0.2, 0.25) is 0 Å². The van der Waals surface area contributed by atoms with Crippen LogP contribution in [0.4, 0.5) is 0 Å². The van der Waals surface area contributed by atoms with Crippen molar-refractivity contribution in [2.75, 3.05) is 13.2 Å². The lowest BCUT2D eigenvalue weighted by Crippen LogP contribution is -2.30. The van der Waals surface area contributed by atoms with E-state index in [1.807, 2.05) is 0 Å². The van der Waals surface area contributed by atoms with Crippen molar-refractivity contribution in [2.24, 2.45) is 0 Å². The minimum absolute atomic E-state index is 0.0658. The highest BCUT2D eigenvalue weighted by Gasteiger charge is 2.19. The van der Waals surface area contributed by atoms with Crippen molar-refractivity contribution in [3.05, 3.63) is 12.2 Å². The standard InChI is InChI=1S/C67H128O6/c1-4-7-10-13-16-19-21-23-25-27-28-29-30-31-32-33-34-35-36-37-38-40-41-43-45-48-51-54-57-60-66(69)72-63-64(62-71-65(68)59-56-53-50-47-18-15-12-9-6-3)73-67(70)61-58-55-52-49-46-44-42-39-26-24-22-20-17-14-11-8-5-2/h24,26,64H,4-23,25,27-63H2,1-3H3/b26-24-. The first kappa shape index (κ1) is 71.2. The van der Waals surface area contributed by atoms with Gasteiger partial charge in [-0.3, -0.25) is 14.4 Å². The van der Waals surface area contributed by atoms with Gasteiger partial charge in [-0.2, -0.15) is 0 Å². The lowest BCUT2D eigenvalue weighted by Gasteiger charge is -2.18. The van der Waals surface area contributed by atoms with Gasteiger partial charge in [0.05, 0.1) is 0 Å². The highest BCUT2D eigenvalue weighted by atomic mass is 16.6. The van der Waals surface area contributed by atoms with E-state index in [-0.39, 0.29) is 31.1 Å². The molecule has 1 atom stereocenters. The molecular weight excluding hydrogens is 901 g/mol. The highest BCUT2D eigenvalue weighted by molar-refractivity contribution is 5.71. The van der Waals surface area contributed by atoms with Gasteiger partial charge >= 0.3 is 17.9 Å². The van der Waals surface area contributed by atoms with Crippen LogP contribution in [-0.2, 0) is 28.6 Å². The predicted octanol–water partition coefficient (Wildman–Crippen LogP) is 22.4. The summed E-state index contributed by atoms with van der Waals surface area (Å²) in [6.07, 6.45) is 74.0. The minimum Gasteiger partial charge on any atom is -0.462 e. The van der Waals surface area contributed by atoms with Crippen molar-refractivity contribution in [1.29, 1.82) is 0 Å². The Morgan fingerprint density at radius 1 is 0.260 bits per heavy atom. The Kier molecular flexibility index (Phi) is 61.1. The lowest BCUT2D eigenvalue weighted by atomic mass is 10.0. The average Bonchev–Trinajstić information content (AvgIpc) is 3.39. The molecule has 1 unspecified atom stereocenters. The maximum atomic E-state index is 12.9. The molecule has 73 heavy (non-hydrogen) atoms. The predicted molar refractivity (Wildman–Crippen MR) is 317 cm³/mol. The van der Waals surface area contributed by atoms with E-state index in [2.05, 4.69) is 32.9 Å². The quantitative estimate of drug-likeness (QED) is 0.0261. The second kappa shape index (κ2) is 62.7. The second-order valence-electron chi connectivity index (χ2n) is 22.7. The topological polar surface area (TPSA) is 78.9 Å². The Bertz CT molecular complexity index is 1130. The zero-order chi connectivity index (χ0) is 52.9. The van der Waals surface area contributed by atoms with Crippen LogP contribution in [0.15, 0.2) is 12.2 Å². The number of allylic oxidation sites excluding steroid dienone is 2. The van der Waals surface area contributed by atoms with Crippen LogP contribution in [0.5, 0.6) is 0 Å². The molecule has 0 aliphatic heterocycles. The summed E-state index contributed by atoms with van der Waals surface area (Å²) in [5.74, 6) is -0.846. The van der Waals surface area contributed by atoms with E-state index in [1.54, 1.807) is 0 Å². The summed E-state index contributed by atoms with van der Waals surface area (Å²) in [5, 5.41) is 0. The molecule has 0 aliphatic carbocycles. The molecule has 0 heterocycles. The maximum Gasteiger partial charge on any atom is 0.306 e. The molecule has 6 heteroatoms. The van der Waals surface area contributed by atoms with E-state index < -0.39 is 6.10 Å². The fraction of sp³-hybridized carbons (Fsp3) is 0.925. The molecule has 432 valence electrons. The van der Waals surface area contributed by atoms with Crippen molar-refractivity contribution < 1.29 is 28.6 Å². The fourth-order valence-electron chi connectivity index (χ4n) is 10.3. The van der Waals surface area contributed by atoms with Crippen LogP contribution in [-0.4, -0.2) is 37.2 Å². The van der Waals surface area contributed by atoms with Crippen LogP contribution >= 0.6 is 0 Å². The normalized spacial score (nSPS) is 12.0. The van der Waals surface area contributed by atoms with Crippen molar-refractivity contribution in [2.45, 2.75) is 386 Å². The molecule has 0 aromatic heterocycles. The summed E-state index contributed by atoms with van der Waals surface area (Å²) < 4.78 is 16.9. The Morgan fingerprint density at radius 3 is 0.685 bits per heavy atom. The number of ether oxygens (including phenoxy) is 3. The maximum absolute atomic E-state index is 12.9. The molecule has 0 aromatic carbocycles. The molecule has 0 spiro atoms. The van der Waals surface area contributed by atoms with Crippen LogP contribution in [0.25, 0.3) is 0 Å². The monoisotopic (exact) mass is 1030 g/mol. The number of carbonyl (C=O) groups excluding carboxylic acids is 3. The fourth-order valence-corrected chi connectivity index (χ4v) is 10.3. The molecule has 0 fully saturated rings. The number of unbranched alkanes of at least 4 members (excludes halogenated alkanes) is 49. The molecule has 0 N–H and O–H groups in total. The van der Waals surface area contributed by atoms with Crippen molar-refractivity contribution in [1.82, 2.24) is 0 Å². The summed E-state index contributed by atoms with van der Waals surface area (Å²) in [4.78, 5) is 38.2. The number of hydrogen-bond acceptors (Lipinski definition) is 6. The van der Waals surface area contributed by atoms with Crippen molar-refractivity contribution in [3.63, 3.8) is 0 Å². The van der Waals surface area contributed by atoms with Gasteiger partial charge in [-0.25, -0.2) is 0 Å². The first-order valence-corrected chi connectivity index (χ1v) is 33.2. The molecule has 0 radical (unpaired) electrons. The summed E-state index contributed by atoms with van der Waals surface area (Å²) in [6, 6.07) is 0. The first-order valence-electron chi connectivity index (χ1n) is 33.2. The van der Waals surface area contributed by atoms with Crippen molar-refractivity contribution in [3.8, 4) is 0 Å². The summed E-state index contributed by atoms with van der Waals surface area (Å²) in [5.41, 5.74) is 0. The molecule has 6 nitrogen and oxygen atoms in total. The van der Waals surface area contributed by atoms with E-state index >= 15 is 0 Å². The van der Waals surface area contributed by atoms with Gasteiger partial charge in [0.1, 0.15) is 13.2 Å². The third-order valence-electron chi connectivity index (χ3n) is 15.3. The minimum atomic E-state index is -0.767. The molecule has 0 aromatic rings. The Morgan fingerprint density at radius 2 is 0.452 bits per heavy atom. The Labute approximate surface area is 456 Å². The number of esters is 3. The summed E-state index contributed by atoms with van der Waals surface area (Å²) >= 11 is 0. The molecule has 0 saturated carbocycles. The third kappa shape index (κ3) is 60.9. The number of rotatable bonds is 62. The lowest BCUT2D eigenvalue weighted by molar-refractivity contribution is -0.167. The van der Waals surface area contributed by atoms with Gasteiger partial charge in [0.2, 0.25) is 0 Å². The van der Waals surface area contributed by atoms with E-state index in [1.165, 1.54) is 283 Å². The second-order valence-corrected chi connectivity index (χ2v) is 22.7. The molecule has 0 aliphatic rings. The van der Waals surface area contributed by atoms with E-state index in [4.69, 9.17) is 14.2 Å². The zero-order valence-electron chi connectivity index (χ0n) is 49.7. The largest absolute Gasteiger partial charge is 0.462 e. The Hall–Kier alpha value is -1.85. The first-order chi connectivity index (χ1) is 36.0. The van der Waals surface area contributed by atoms with E-state index in [0.29, 0.717) is 19.3 Å². The van der Waals surface area contributed by atoms with Crippen LogP contribution in [0.1, 0.15) is 380 Å².